The van der Waals surface area contributed by atoms with Crippen molar-refractivity contribution in [1.29, 1.82) is 5.26 Å². The maximum atomic E-state index is 14.1. The number of aromatic amines is 1. The number of halogens is 1. The van der Waals surface area contributed by atoms with Gasteiger partial charge in [-0.1, -0.05) is 48.8 Å². The molecule has 198 valence electrons. The summed E-state index contributed by atoms with van der Waals surface area (Å²) in [5.41, 5.74) is 5.05. The molecule has 9 heteroatoms. The third-order valence-electron chi connectivity index (χ3n) is 7.70. The van der Waals surface area contributed by atoms with Gasteiger partial charge in [0.1, 0.15) is 11.4 Å². The highest BCUT2D eigenvalue weighted by molar-refractivity contribution is 7.81. The second-order valence-corrected chi connectivity index (χ2v) is 11.4. The van der Waals surface area contributed by atoms with Crippen LogP contribution in [-0.2, 0) is 10.5 Å². The van der Waals surface area contributed by atoms with Crippen molar-refractivity contribution in [2.24, 2.45) is 0 Å². The van der Waals surface area contributed by atoms with Gasteiger partial charge in [0, 0.05) is 22.3 Å². The Balaban J connectivity index is 1.71. The maximum Gasteiger partial charge on any atom is 0.488 e. The van der Waals surface area contributed by atoms with Gasteiger partial charge in [0.2, 0.25) is 0 Å². The Hall–Kier alpha value is -4.16. The van der Waals surface area contributed by atoms with E-state index in [9.17, 15) is 22.4 Å². The van der Waals surface area contributed by atoms with Gasteiger partial charge in [0.05, 0.1) is 22.5 Å². The number of aromatic nitrogens is 2. The summed E-state index contributed by atoms with van der Waals surface area (Å²) in [6, 6.07) is 17.9. The van der Waals surface area contributed by atoms with Crippen LogP contribution in [0.5, 0.6) is 5.75 Å². The Kier molecular flexibility index (Phi) is 5.96. The van der Waals surface area contributed by atoms with Gasteiger partial charge in [0.25, 0.3) is 0 Å². The summed E-state index contributed by atoms with van der Waals surface area (Å²) in [5, 5.41) is 11.4. The molecule has 5 aromatic rings. The fraction of sp³-hybridized carbons (Fsp3) is 0.267. The summed E-state index contributed by atoms with van der Waals surface area (Å²) in [5.74, 6) is -0.0904. The van der Waals surface area contributed by atoms with Crippen LogP contribution in [0.2, 0.25) is 0 Å². The molecule has 1 aliphatic rings. The van der Waals surface area contributed by atoms with E-state index >= 15 is 0 Å². The number of rotatable bonds is 5. The summed E-state index contributed by atoms with van der Waals surface area (Å²) in [6.07, 6.45) is 4.13. The molecular formula is C30H26FN3O4S. The number of fused-ring (bicyclic) bond motifs is 4. The van der Waals surface area contributed by atoms with Gasteiger partial charge in [0.15, 0.2) is 5.43 Å². The molecule has 3 aromatic carbocycles. The molecule has 1 N–H and O–H groups in total. The predicted octanol–water partition coefficient (Wildman–Crippen LogP) is 7.01. The van der Waals surface area contributed by atoms with Crippen LogP contribution < -0.4 is 9.61 Å². The van der Waals surface area contributed by atoms with Crippen LogP contribution in [0, 0.1) is 11.3 Å². The Morgan fingerprint density at radius 2 is 1.85 bits per heavy atom. The number of hydrogen-bond acceptors (Lipinski definition) is 5. The van der Waals surface area contributed by atoms with Crippen molar-refractivity contribution in [3.63, 3.8) is 0 Å². The highest BCUT2D eigenvalue weighted by Crippen LogP contribution is 2.40. The highest BCUT2D eigenvalue weighted by atomic mass is 32.3. The van der Waals surface area contributed by atoms with Crippen LogP contribution >= 0.6 is 0 Å². The molecule has 0 spiro atoms. The molecule has 1 saturated carbocycles. The van der Waals surface area contributed by atoms with Crippen LogP contribution in [0.4, 0.5) is 3.89 Å². The smallest absolute Gasteiger partial charge is 0.358 e. The molecule has 2 heterocycles. The standard InChI is InChI=1S/C30H26FN3O4S/c1-17(2)23-14-25-27(15-24(23)19-6-5-9-21(13-19)38-39(31,36)37)34(20-7-3-4-8-20)30-28(29(25)35)22-11-10-18(16-32)12-26(22)33-30/h5-6,9-15,17,20,33H,3-4,7-8H2,1-2H3. The lowest BCUT2D eigenvalue weighted by Crippen LogP contribution is -2.15. The van der Waals surface area contributed by atoms with Crippen LogP contribution in [0.3, 0.4) is 0 Å². The molecule has 0 aliphatic heterocycles. The molecular weight excluding hydrogens is 517 g/mol. The van der Waals surface area contributed by atoms with Crippen LogP contribution in [0.15, 0.2) is 59.4 Å². The lowest BCUT2D eigenvalue weighted by atomic mass is 9.90. The largest absolute Gasteiger partial charge is 0.488 e. The van der Waals surface area contributed by atoms with E-state index < -0.39 is 10.5 Å². The normalized spacial score (nSPS) is 14.5. The molecule has 0 bridgehead atoms. The first-order valence-corrected chi connectivity index (χ1v) is 14.3. The number of benzene rings is 3. The Morgan fingerprint density at radius 3 is 2.54 bits per heavy atom. The molecule has 0 unspecified atom stereocenters. The van der Waals surface area contributed by atoms with Crippen molar-refractivity contribution in [3.8, 4) is 22.9 Å². The van der Waals surface area contributed by atoms with Crippen molar-refractivity contribution in [1.82, 2.24) is 9.55 Å². The predicted molar refractivity (Wildman–Crippen MR) is 150 cm³/mol. The van der Waals surface area contributed by atoms with E-state index in [0.29, 0.717) is 21.9 Å². The minimum Gasteiger partial charge on any atom is -0.358 e. The van der Waals surface area contributed by atoms with Gasteiger partial charge < -0.3 is 13.7 Å². The van der Waals surface area contributed by atoms with Crippen molar-refractivity contribution in [2.45, 2.75) is 51.5 Å². The monoisotopic (exact) mass is 543 g/mol. The highest BCUT2D eigenvalue weighted by Gasteiger charge is 2.25. The van der Waals surface area contributed by atoms with Gasteiger partial charge in [-0.05, 0) is 71.8 Å². The third kappa shape index (κ3) is 4.35. The fourth-order valence-electron chi connectivity index (χ4n) is 6.00. The number of nitrogens with one attached hydrogen (secondary N) is 1. The van der Waals surface area contributed by atoms with Gasteiger partial charge in [-0.25, -0.2) is 0 Å². The third-order valence-corrected chi connectivity index (χ3v) is 8.09. The molecule has 7 nitrogen and oxygen atoms in total. The molecule has 6 rings (SSSR count). The average molecular weight is 544 g/mol. The summed E-state index contributed by atoms with van der Waals surface area (Å²) >= 11 is 0. The quantitative estimate of drug-likeness (QED) is 0.240. The van der Waals surface area contributed by atoms with E-state index in [-0.39, 0.29) is 23.1 Å². The molecule has 0 saturated heterocycles. The lowest BCUT2D eigenvalue weighted by molar-refractivity contribution is 0.440. The SMILES string of the molecule is CC(C)c1cc2c(=O)c3c4ccc(C#N)cc4[nH]c3n(C3CCCC3)c2cc1-c1cccc(OS(=O)(=O)F)c1. The molecule has 1 fully saturated rings. The molecule has 1 aliphatic carbocycles. The van der Waals surface area contributed by atoms with Gasteiger partial charge in [-0.15, -0.1) is 0 Å². The minimum atomic E-state index is -5.17. The first-order valence-electron chi connectivity index (χ1n) is 13.0. The minimum absolute atomic E-state index is 0.0371. The summed E-state index contributed by atoms with van der Waals surface area (Å²) in [4.78, 5) is 17.5. The topological polar surface area (TPSA) is 105 Å². The molecule has 2 aromatic heterocycles. The number of nitriles is 1. The summed E-state index contributed by atoms with van der Waals surface area (Å²) in [7, 11) is -5.17. The van der Waals surface area contributed by atoms with Crippen molar-refractivity contribution in [2.75, 3.05) is 0 Å². The first kappa shape index (κ1) is 25.1. The Bertz CT molecular complexity index is 2000. The second-order valence-electron chi connectivity index (χ2n) is 10.5. The summed E-state index contributed by atoms with van der Waals surface area (Å²) in [6.45, 7) is 4.06. The van der Waals surface area contributed by atoms with E-state index in [0.717, 1.165) is 58.9 Å². The fourth-order valence-corrected chi connectivity index (χ4v) is 6.34. The van der Waals surface area contributed by atoms with Gasteiger partial charge in [-0.3, -0.25) is 4.79 Å². The van der Waals surface area contributed by atoms with Gasteiger partial charge in [-0.2, -0.15) is 13.7 Å². The number of H-pyrrole nitrogens is 1. The number of hydrogen-bond donors (Lipinski definition) is 1. The van der Waals surface area contributed by atoms with E-state index in [2.05, 4.69) is 19.8 Å². The van der Waals surface area contributed by atoms with Crippen molar-refractivity contribution < 1.29 is 16.5 Å². The van der Waals surface area contributed by atoms with Crippen molar-refractivity contribution in [3.05, 3.63) is 75.9 Å². The summed E-state index contributed by atoms with van der Waals surface area (Å²) < 4.78 is 42.2. The number of pyridine rings is 1. The van der Waals surface area contributed by atoms with E-state index in [1.807, 2.05) is 38.1 Å². The molecule has 0 radical (unpaired) electrons. The van der Waals surface area contributed by atoms with Gasteiger partial charge >= 0.3 is 10.5 Å². The number of nitrogens with zero attached hydrogens (tertiary/aromatic N) is 2. The first-order chi connectivity index (χ1) is 18.6. The zero-order valence-corrected chi connectivity index (χ0v) is 22.3. The lowest BCUT2D eigenvalue weighted by Gasteiger charge is -2.22. The van der Waals surface area contributed by atoms with Crippen molar-refractivity contribution >= 4 is 43.3 Å². The average Bonchev–Trinajstić information content (AvgIpc) is 3.55. The Labute approximate surface area is 224 Å². The van der Waals surface area contributed by atoms with E-state index in [4.69, 9.17) is 0 Å². The zero-order valence-electron chi connectivity index (χ0n) is 21.5. The maximum absolute atomic E-state index is 14.1. The zero-order chi connectivity index (χ0) is 27.5. The van der Waals surface area contributed by atoms with Crippen LogP contribution in [-0.4, -0.2) is 18.0 Å². The second kappa shape index (κ2) is 9.24. The Morgan fingerprint density at radius 1 is 1.08 bits per heavy atom. The molecule has 0 atom stereocenters. The van der Waals surface area contributed by atoms with E-state index in [1.54, 1.807) is 18.2 Å². The van der Waals surface area contributed by atoms with Crippen LogP contribution in [0.25, 0.3) is 44.0 Å². The van der Waals surface area contributed by atoms with Crippen LogP contribution in [0.1, 0.15) is 62.6 Å². The molecule has 0 amide bonds. The van der Waals surface area contributed by atoms with E-state index in [1.165, 1.54) is 12.1 Å². The molecule has 39 heavy (non-hydrogen) atoms.